The first-order chi connectivity index (χ1) is 6.06. The summed E-state index contributed by atoms with van der Waals surface area (Å²) in [5.41, 5.74) is 10.9. The molecule has 0 aliphatic rings. The van der Waals surface area contributed by atoms with E-state index in [0.29, 0.717) is 0 Å². The van der Waals surface area contributed by atoms with E-state index in [9.17, 15) is 0 Å². The molecule has 0 radical (unpaired) electrons. The lowest BCUT2D eigenvalue weighted by molar-refractivity contribution is 0.898. The van der Waals surface area contributed by atoms with Gasteiger partial charge in [-0.05, 0) is 43.0 Å². The molecule has 1 aromatic rings. The lowest BCUT2D eigenvalue weighted by Gasteiger charge is -2.13. The van der Waals surface area contributed by atoms with Crippen molar-refractivity contribution < 1.29 is 0 Å². The Morgan fingerprint density at radius 3 is 2.23 bits per heavy atom. The van der Waals surface area contributed by atoms with Crippen LogP contribution >= 0.6 is 0 Å². The van der Waals surface area contributed by atoms with Gasteiger partial charge in [0.25, 0.3) is 0 Å². The van der Waals surface area contributed by atoms with Gasteiger partial charge in [-0.15, -0.1) is 6.58 Å². The monoisotopic (exact) mass is 175 g/mol. The van der Waals surface area contributed by atoms with E-state index in [1.54, 1.807) is 6.08 Å². The van der Waals surface area contributed by atoms with E-state index in [1.165, 1.54) is 22.3 Å². The zero-order valence-corrected chi connectivity index (χ0v) is 8.59. The molecule has 1 aromatic carbocycles. The van der Waals surface area contributed by atoms with E-state index in [0.717, 1.165) is 0 Å². The molecule has 1 atom stereocenters. The summed E-state index contributed by atoms with van der Waals surface area (Å²) in [5, 5.41) is 0. The third kappa shape index (κ3) is 1.99. The molecule has 0 bridgehead atoms. The minimum absolute atomic E-state index is 0.0423. The van der Waals surface area contributed by atoms with E-state index >= 15 is 0 Å². The van der Waals surface area contributed by atoms with Crippen molar-refractivity contribution in [3.05, 3.63) is 47.0 Å². The molecule has 1 rings (SSSR count). The molecule has 1 heteroatoms. The van der Waals surface area contributed by atoms with Crippen molar-refractivity contribution >= 4 is 0 Å². The maximum atomic E-state index is 5.90. The van der Waals surface area contributed by atoms with E-state index < -0.39 is 0 Å². The van der Waals surface area contributed by atoms with Gasteiger partial charge in [0.1, 0.15) is 0 Å². The number of aryl methyl sites for hydroxylation is 3. The number of hydrogen-bond donors (Lipinski definition) is 1. The quantitative estimate of drug-likeness (QED) is 0.687. The third-order valence-corrected chi connectivity index (χ3v) is 2.50. The van der Waals surface area contributed by atoms with Crippen molar-refractivity contribution in [1.82, 2.24) is 0 Å². The molecule has 70 valence electrons. The fraction of sp³-hybridized carbons (Fsp3) is 0.333. The molecule has 0 saturated carbocycles. The minimum Gasteiger partial charge on any atom is -0.321 e. The maximum Gasteiger partial charge on any atom is 0.0481 e. The second-order valence-electron chi connectivity index (χ2n) is 3.55. The molecule has 0 spiro atoms. The van der Waals surface area contributed by atoms with E-state index in [4.69, 9.17) is 5.73 Å². The summed E-state index contributed by atoms with van der Waals surface area (Å²) < 4.78 is 0. The molecular formula is C12H17N. The summed E-state index contributed by atoms with van der Waals surface area (Å²) in [6, 6.07) is 4.28. The highest BCUT2D eigenvalue weighted by Gasteiger charge is 2.06. The van der Waals surface area contributed by atoms with Crippen LogP contribution in [0.3, 0.4) is 0 Å². The third-order valence-electron chi connectivity index (χ3n) is 2.50. The first kappa shape index (κ1) is 10.0. The van der Waals surface area contributed by atoms with Crippen molar-refractivity contribution in [3.63, 3.8) is 0 Å². The summed E-state index contributed by atoms with van der Waals surface area (Å²) in [6.45, 7) is 10.0. The summed E-state index contributed by atoms with van der Waals surface area (Å²) in [7, 11) is 0. The molecule has 1 nitrogen and oxygen atoms in total. The van der Waals surface area contributed by atoms with Gasteiger partial charge in [0, 0.05) is 6.04 Å². The summed E-state index contributed by atoms with van der Waals surface area (Å²) in [5.74, 6) is 0. The van der Waals surface area contributed by atoms with Crippen LogP contribution in [0.4, 0.5) is 0 Å². The molecule has 0 aliphatic carbocycles. The van der Waals surface area contributed by atoms with E-state index in [2.05, 4.69) is 39.5 Å². The highest BCUT2D eigenvalue weighted by Crippen LogP contribution is 2.20. The largest absolute Gasteiger partial charge is 0.321 e. The highest BCUT2D eigenvalue weighted by atomic mass is 14.6. The molecule has 0 unspecified atom stereocenters. The molecule has 0 fully saturated rings. The Morgan fingerprint density at radius 2 is 1.69 bits per heavy atom. The zero-order chi connectivity index (χ0) is 10.0. The second kappa shape index (κ2) is 3.75. The van der Waals surface area contributed by atoms with Gasteiger partial charge < -0.3 is 5.73 Å². The number of nitrogens with two attached hydrogens (primary N) is 1. The first-order valence-electron chi connectivity index (χ1n) is 4.52. The molecule has 0 aliphatic heterocycles. The topological polar surface area (TPSA) is 26.0 Å². The fourth-order valence-electron chi connectivity index (χ4n) is 1.47. The molecule has 13 heavy (non-hydrogen) atoms. The molecule has 0 heterocycles. The molecule has 0 saturated heterocycles. The Kier molecular flexibility index (Phi) is 2.89. The van der Waals surface area contributed by atoms with Gasteiger partial charge in [0.15, 0.2) is 0 Å². The first-order valence-corrected chi connectivity index (χ1v) is 4.52. The average Bonchev–Trinajstić information content (AvgIpc) is 2.10. The Balaban J connectivity index is 3.22. The maximum absolute atomic E-state index is 5.90. The van der Waals surface area contributed by atoms with Crippen LogP contribution in [0.1, 0.15) is 28.3 Å². The van der Waals surface area contributed by atoms with E-state index in [1.807, 2.05) is 0 Å². The van der Waals surface area contributed by atoms with Gasteiger partial charge in [-0.2, -0.15) is 0 Å². The van der Waals surface area contributed by atoms with Crippen molar-refractivity contribution in [2.24, 2.45) is 5.73 Å². The van der Waals surface area contributed by atoms with Gasteiger partial charge in [0.05, 0.1) is 0 Å². The fourth-order valence-corrected chi connectivity index (χ4v) is 1.47. The number of rotatable bonds is 2. The van der Waals surface area contributed by atoms with Gasteiger partial charge in [-0.25, -0.2) is 0 Å². The lowest BCUT2D eigenvalue weighted by Crippen LogP contribution is -2.08. The predicted molar refractivity (Wildman–Crippen MR) is 57.8 cm³/mol. The Morgan fingerprint density at radius 1 is 1.15 bits per heavy atom. The smallest absolute Gasteiger partial charge is 0.0481 e. The van der Waals surface area contributed by atoms with Crippen LogP contribution in [0.5, 0.6) is 0 Å². The normalized spacial score (nSPS) is 12.6. The highest BCUT2D eigenvalue weighted by molar-refractivity contribution is 5.39. The van der Waals surface area contributed by atoms with Crippen LogP contribution in [-0.2, 0) is 0 Å². The van der Waals surface area contributed by atoms with Crippen molar-refractivity contribution in [2.45, 2.75) is 26.8 Å². The molecule has 0 amide bonds. The average molecular weight is 175 g/mol. The molecule has 2 N–H and O–H groups in total. The SMILES string of the molecule is C=C[C@@H](N)c1cc(C)c(C)cc1C. The Labute approximate surface area is 80.3 Å². The van der Waals surface area contributed by atoms with Crippen molar-refractivity contribution in [3.8, 4) is 0 Å². The summed E-state index contributed by atoms with van der Waals surface area (Å²) in [6.07, 6.45) is 1.77. The Hall–Kier alpha value is -1.08. The van der Waals surface area contributed by atoms with Gasteiger partial charge in [-0.3, -0.25) is 0 Å². The standard InChI is InChI=1S/C12H17N/c1-5-12(13)11-7-9(3)8(2)6-10(11)4/h5-7,12H,1,13H2,2-4H3/t12-/m1/s1. The van der Waals surface area contributed by atoms with Crippen molar-refractivity contribution in [2.75, 3.05) is 0 Å². The number of benzene rings is 1. The zero-order valence-electron chi connectivity index (χ0n) is 8.59. The Bertz CT molecular complexity index is 326. The lowest BCUT2D eigenvalue weighted by atomic mass is 9.96. The molecular weight excluding hydrogens is 158 g/mol. The second-order valence-corrected chi connectivity index (χ2v) is 3.55. The van der Waals surface area contributed by atoms with Crippen LogP contribution < -0.4 is 5.73 Å². The van der Waals surface area contributed by atoms with Crippen LogP contribution in [0, 0.1) is 20.8 Å². The predicted octanol–water partition coefficient (Wildman–Crippen LogP) is 2.80. The van der Waals surface area contributed by atoms with Crippen LogP contribution in [-0.4, -0.2) is 0 Å². The summed E-state index contributed by atoms with van der Waals surface area (Å²) >= 11 is 0. The van der Waals surface area contributed by atoms with Crippen LogP contribution in [0.15, 0.2) is 24.8 Å². The van der Waals surface area contributed by atoms with Gasteiger partial charge >= 0.3 is 0 Å². The van der Waals surface area contributed by atoms with Crippen LogP contribution in [0.25, 0.3) is 0 Å². The van der Waals surface area contributed by atoms with Crippen LogP contribution in [0.2, 0.25) is 0 Å². The van der Waals surface area contributed by atoms with Crippen molar-refractivity contribution in [1.29, 1.82) is 0 Å². The van der Waals surface area contributed by atoms with Gasteiger partial charge in [0.2, 0.25) is 0 Å². The summed E-state index contributed by atoms with van der Waals surface area (Å²) in [4.78, 5) is 0. The number of hydrogen-bond acceptors (Lipinski definition) is 1. The molecule has 0 aromatic heterocycles. The minimum atomic E-state index is -0.0423. The van der Waals surface area contributed by atoms with Gasteiger partial charge in [-0.1, -0.05) is 18.2 Å². The van der Waals surface area contributed by atoms with E-state index in [-0.39, 0.29) is 6.04 Å².